The molecule has 18 heavy (non-hydrogen) atoms. The minimum Gasteiger partial charge on any atom is -0.272 e. The van der Waals surface area contributed by atoms with E-state index in [0.29, 0.717) is 0 Å². The monoisotopic (exact) mass is 262 g/mol. The zero-order chi connectivity index (χ0) is 13.0. The van der Waals surface area contributed by atoms with Crippen LogP contribution < -0.4 is 0 Å². The molecule has 1 aromatic heterocycles. The smallest absolute Gasteiger partial charge is 0.0624 e. The summed E-state index contributed by atoms with van der Waals surface area (Å²) >= 11 is 6.42. The summed E-state index contributed by atoms with van der Waals surface area (Å²) in [5.41, 5.74) is 3.60. The van der Waals surface area contributed by atoms with Crippen molar-refractivity contribution < 1.29 is 0 Å². The Bertz CT molecular complexity index is 490. The molecule has 0 fully saturated rings. The number of nitrogens with zero attached hydrogens (tertiary/aromatic N) is 2. The number of rotatable bonds is 5. The Hall–Kier alpha value is -1.28. The Morgan fingerprint density at radius 3 is 2.61 bits per heavy atom. The summed E-state index contributed by atoms with van der Waals surface area (Å²) < 4.78 is 1.97. The molecule has 1 heterocycles. The third-order valence-corrected chi connectivity index (χ3v) is 3.67. The van der Waals surface area contributed by atoms with Crippen LogP contribution in [0.5, 0.6) is 0 Å². The molecule has 0 aliphatic heterocycles. The molecule has 0 bridgehead atoms. The summed E-state index contributed by atoms with van der Waals surface area (Å²) in [6, 6.07) is 12.4. The summed E-state index contributed by atoms with van der Waals surface area (Å²) in [6.45, 7) is 2.13. The average Bonchev–Trinajstić information content (AvgIpc) is 2.77. The van der Waals surface area contributed by atoms with E-state index in [2.05, 4.69) is 30.2 Å². The fourth-order valence-electron chi connectivity index (χ4n) is 2.08. The van der Waals surface area contributed by atoms with E-state index in [1.807, 2.05) is 29.9 Å². The molecule has 3 heteroatoms. The molecule has 0 spiro atoms. The van der Waals surface area contributed by atoms with Crippen molar-refractivity contribution in [2.45, 2.75) is 31.6 Å². The van der Waals surface area contributed by atoms with Gasteiger partial charge in [0.1, 0.15) is 0 Å². The molecule has 0 saturated heterocycles. The second-order valence-electron chi connectivity index (χ2n) is 4.52. The van der Waals surface area contributed by atoms with Gasteiger partial charge in [0, 0.05) is 12.7 Å². The van der Waals surface area contributed by atoms with Crippen molar-refractivity contribution >= 4 is 11.6 Å². The first-order valence-corrected chi connectivity index (χ1v) is 6.85. The number of aromatic nitrogens is 2. The molecular weight excluding hydrogens is 244 g/mol. The molecule has 0 amide bonds. The lowest BCUT2D eigenvalue weighted by Gasteiger charge is -2.09. The Balaban J connectivity index is 1.97. The zero-order valence-corrected chi connectivity index (χ0v) is 11.7. The predicted molar refractivity (Wildman–Crippen MR) is 75.9 cm³/mol. The third-order valence-electron chi connectivity index (χ3n) is 3.20. The molecule has 2 rings (SSSR count). The number of benzene rings is 1. The van der Waals surface area contributed by atoms with Crippen LogP contribution in [-0.2, 0) is 19.9 Å². The maximum atomic E-state index is 6.42. The Morgan fingerprint density at radius 1 is 1.28 bits per heavy atom. The van der Waals surface area contributed by atoms with Gasteiger partial charge in [-0.3, -0.25) is 4.68 Å². The quantitative estimate of drug-likeness (QED) is 0.748. The van der Waals surface area contributed by atoms with Crippen molar-refractivity contribution in [1.29, 1.82) is 0 Å². The van der Waals surface area contributed by atoms with Gasteiger partial charge in [-0.15, -0.1) is 11.6 Å². The van der Waals surface area contributed by atoms with Crippen LogP contribution in [0.3, 0.4) is 0 Å². The second kappa shape index (κ2) is 6.05. The third kappa shape index (κ3) is 3.14. The summed E-state index contributed by atoms with van der Waals surface area (Å²) in [5, 5.41) is 4.53. The highest BCUT2D eigenvalue weighted by Gasteiger charge is 2.10. The highest BCUT2D eigenvalue weighted by atomic mass is 35.5. The summed E-state index contributed by atoms with van der Waals surface area (Å²) in [5.74, 6) is 0. The first-order valence-electron chi connectivity index (χ1n) is 6.41. The van der Waals surface area contributed by atoms with Gasteiger partial charge in [-0.05, 0) is 30.9 Å². The number of halogens is 1. The number of aryl methyl sites for hydroxylation is 3. The first kappa shape index (κ1) is 13.2. The molecule has 0 radical (unpaired) electrons. The number of hydrogen-bond acceptors (Lipinski definition) is 1. The van der Waals surface area contributed by atoms with Crippen LogP contribution in [0.25, 0.3) is 0 Å². The van der Waals surface area contributed by atoms with Gasteiger partial charge in [-0.1, -0.05) is 37.3 Å². The van der Waals surface area contributed by atoms with Gasteiger partial charge in [0.2, 0.25) is 0 Å². The molecule has 1 unspecified atom stereocenters. The van der Waals surface area contributed by atoms with Gasteiger partial charge in [0.05, 0.1) is 11.1 Å². The van der Waals surface area contributed by atoms with Crippen LogP contribution in [0.1, 0.15) is 35.7 Å². The fourth-order valence-corrected chi connectivity index (χ4v) is 2.34. The minimum atomic E-state index is 0.0752. The highest BCUT2D eigenvalue weighted by Crippen LogP contribution is 2.25. The van der Waals surface area contributed by atoms with Gasteiger partial charge in [0.15, 0.2) is 0 Å². The van der Waals surface area contributed by atoms with Crippen LogP contribution in [0.4, 0.5) is 0 Å². The van der Waals surface area contributed by atoms with Gasteiger partial charge >= 0.3 is 0 Å². The van der Waals surface area contributed by atoms with Crippen LogP contribution in [0.2, 0.25) is 0 Å². The van der Waals surface area contributed by atoms with E-state index < -0.39 is 0 Å². The molecule has 1 atom stereocenters. The van der Waals surface area contributed by atoms with Crippen molar-refractivity contribution in [2.24, 2.45) is 7.05 Å². The Kier molecular flexibility index (Phi) is 4.43. The normalized spacial score (nSPS) is 12.6. The highest BCUT2D eigenvalue weighted by molar-refractivity contribution is 6.20. The first-order chi connectivity index (χ1) is 8.70. The molecule has 0 aliphatic rings. The van der Waals surface area contributed by atoms with Gasteiger partial charge in [0.25, 0.3) is 0 Å². The molecule has 2 aromatic rings. The standard InChI is InChI=1S/C15H19ClN2/c1-3-13-11-14(18(2)17-13)9-10-15(16)12-7-5-4-6-8-12/h4-8,11,15H,3,9-10H2,1-2H3. The van der Waals surface area contributed by atoms with E-state index >= 15 is 0 Å². The lowest BCUT2D eigenvalue weighted by Crippen LogP contribution is -2.00. The van der Waals surface area contributed by atoms with E-state index in [-0.39, 0.29) is 5.38 Å². The Labute approximate surface area is 114 Å². The maximum absolute atomic E-state index is 6.42. The summed E-state index contributed by atoms with van der Waals surface area (Å²) in [4.78, 5) is 0. The van der Waals surface area contributed by atoms with Crippen LogP contribution >= 0.6 is 11.6 Å². The van der Waals surface area contributed by atoms with E-state index in [1.165, 1.54) is 11.3 Å². The van der Waals surface area contributed by atoms with Crippen molar-refractivity contribution in [3.05, 3.63) is 53.3 Å². The van der Waals surface area contributed by atoms with Crippen LogP contribution in [0.15, 0.2) is 36.4 Å². The molecule has 0 N–H and O–H groups in total. The summed E-state index contributed by atoms with van der Waals surface area (Å²) in [7, 11) is 2.00. The molecule has 0 aliphatic carbocycles. The van der Waals surface area contributed by atoms with E-state index in [0.717, 1.165) is 25.0 Å². The molecule has 2 nitrogen and oxygen atoms in total. The largest absolute Gasteiger partial charge is 0.272 e. The van der Waals surface area contributed by atoms with E-state index in [1.54, 1.807) is 0 Å². The van der Waals surface area contributed by atoms with Crippen LogP contribution in [-0.4, -0.2) is 9.78 Å². The Morgan fingerprint density at radius 2 is 2.00 bits per heavy atom. The van der Waals surface area contributed by atoms with E-state index in [4.69, 9.17) is 11.6 Å². The average molecular weight is 263 g/mol. The van der Waals surface area contributed by atoms with Crippen molar-refractivity contribution in [3.63, 3.8) is 0 Å². The number of hydrogen-bond donors (Lipinski definition) is 0. The van der Waals surface area contributed by atoms with Gasteiger partial charge in [-0.2, -0.15) is 5.10 Å². The van der Waals surface area contributed by atoms with Crippen molar-refractivity contribution in [3.8, 4) is 0 Å². The molecule has 0 saturated carbocycles. The van der Waals surface area contributed by atoms with Crippen molar-refractivity contribution in [1.82, 2.24) is 9.78 Å². The van der Waals surface area contributed by atoms with Crippen LogP contribution in [0, 0.1) is 0 Å². The lowest BCUT2D eigenvalue weighted by atomic mass is 10.1. The minimum absolute atomic E-state index is 0.0752. The van der Waals surface area contributed by atoms with E-state index in [9.17, 15) is 0 Å². The fraction of sp³-hybridized carbons (Fsp3) is 0.400. The molecular formula is C15H19ClN2. The maximum Gasteiger partial charge on any atom is 0.0624 e. The molecule has 96 valence electrons. The van der Waals surface area contributed by atoms with Gasteiger partial charge in [-0.25, -0.2) is 0 Å². The summed E-state index contributed by atoms with van der Waals surface area (Å²) in [6.07, 6.45) is 2.89. The SMILES string of the molecule is CCc1cc(CCC(Cl)c2ccccc2)n(C)n1. The lowest BCUT2D eigenvalue weighted by molar-refractivity contribution is 0.669. The zero-order valence-electron chi connectivity index (χ0n) is 10.9. The predicted octanol–water partition coefficient (Wildman–Crippen LogP) is 3.90. The molecule has 1 aromatic carbocycles. The topological polar surface area (TPSA) is 17.8 Å². The second-order valence-corrected chi connectivity index (χ2v) is 5.05. The van der Waals surface area contributed by atoms with Crippen molar-refractivity contribution in [2.75, 3.05) is 0 Å². The van der Waals surface area contributed by atoms with Gasteiger partial charge < -0.3 is 0 Å². The number of alkyl halides is 1.